The van der Waals surface area contributed by atoms with Crippen molar-refractivity contribution in [3.8, 4) is 6.07 Å². The SMILES string of the molecule is N#CCCCN1CC[C@@H](CN)C(O)C1. The van der Waals surface area contributed by atoms with Crippen molar-refractivity contribution < 1.29 is 5.11 Å². The predicted molar refractivity (Wildman–Crippen MR) is 54.5 cm³/mol. The van der Waals surface area contributed by atoms with Crippen LogP contribution in [0, 0.1) is 17.2 Å². The molecule has 0 aliphatic carbocycles. The second-order valence-corrected chi connectivity index (χ2v) is 3.91. The van der Waals surface area contributed by atoms with Gasteiger partial charge in [0, 0.05) is 13.0 Å². The predicted octanol–water partition coefficient (Wildman–Crippen LogP) is -0.0683. The Morgan fingerprint density at radius 2 is 2.36 bits per heavy atom. The molecule has 1 unspecified atom stereocenters. The molecule has 0 aromatic rings. The van der Waals surface area contributed by atoms with E-state index in [-0.39, 0.29) is 12.0 Å². The van der Waals surface area contributed by atoms with Crippen molar-refractivity contribution >= 4 is 0 Å². The molecule has 3 N–H and O–H groups in total. The van der Waals surface area contributed by atoms with E-state index in [0.29, 0.717) is 19.5 Å². The van der Waals surface area contributed by atoms with Gasteiger partial charge in [0.15, 0.2) is 0 Å². The van der Waals surface area contributed by atoms with Crippen LogP contribution >= 0.6 is 0 Å². The number of aliphatic hydroxyl groups excluding tert-OH is 1. The minimum Gasteiger partial charge on any atom is -0.391 e. The molecule has 14 heavy (non-hydrogen) atoms. The maximum Gasteiger partial charge on any atom is 0.0707 e. The van der Waals surface area contributed by atoms with Crippen LogP contribution in [0.3, 0.4) is 0 Å². The largest absolute Gasteiger partial charge is 0.391 e. The van der Waals surface area contributed by atoms with E-state index in [0.717, 1.165) is 25.9 Å². The topological polar surface area (TPSA) is 73.3 Å². The Morgan fingerprint density at radius 3 is 2.93 bits per heavy atom. The summed E-state index contributed by atoms with van der Waals surface area (Å²) in [6, 6.07) is 2.13. The molecule has 0 spiro atoms. The lowest BCUT2D eigenvalue weighted by atomic mass is 9.94. The summed E-state index contributed by atoms with van der Waals surface area (Å²) >= 11 is 0. The van der Waals surface area contributed by atoms with Crippen LogP contribution in [0.15, 0.2) is 0 Å². The second-order valence-electron chi connectivity index (χ2n) is 3.91. The Morgan fingerprint density at radius 1 is 1.57 bits per heavy atom. The number of likely N-dealkylation sites (tertiary alicyclic amines) is 1. The smallest absolute Gasteiger partial charge is 0.0707 e. The summed E-state index contributed by atoms with van der Waals surface area (Å²) in [4.78, 5) is 2.22. The molecule has 0 amide bonds. The first-order valence-corrected chi connectivity index (χ1v) is 5.25. The Labute approximate surface area is 85.3 Å². The van der Waals surface area contributed by atoms with Crippen molar-refractivity contribution in [1.29, 1.82) is 5.26 Å². The molecule has 2 atom stereocenters. The van der Waals surface area contributed by atoms with Crippen molar-refractivity contribution in [1.82, 2.24) is 4.90 Å². The number of β-amino-alcohol motifs (C(OH)–C–C–N with tert-alkyl or cyclic N) is 1. The first-order chi connectivity index (χ1) is 6.77. The zero-order valence-corrected chi connectivity index (χ0v) is 8.52. The van der Waals surface area contributed by atoms with Gasteiger partial charge in [-0.2, -0.15) is 5.26 Å². The van der Waals surface area contributed by atoms with Crippen molar-refractivity contribution in [2.75, 3.05) is 26.2 Å². The number of aliphatic hydroxyl groups is 1. The van der Waals surface area contributed by atoms with Crippen LogP contribution in [0.2, 0.25) is 0 Å². The van der Waals surface area contributed by atoms with Gasteiger partial charge in [-0.3, -0.25) is 0 Å². The molecule has 4 nitrogen and oxygen atoms in total. The third-order valence-corrected chi connectivity index (χ3v) is 2.87. The van der Waals surface area contributed by atoms with Gasteiger partial charge in [-0.25, -0.2) is 0 Å². The summed E-state index contributed by atoms with van der Waals surface area (Å²) in [6.07, 6.45) is 2.20. The Balaban J connectivity index is 2.22. The molecule has 1 heterocycles. The molecule has 1 rings (SSSR count). The molecule has 0 aromatic carbocycles. The number of unbranched alkanes of at least 4 members (excludes halogenated alkanes) is 1. The van der Waals surface area contributed by atoms with Crippen molar-refractivity contribution in [2.24, 2.45) is 11.7 Å². The number of hydrogen-bond donors (Lipinski definition) is 2. The Bertz CT molecular complexity index is 202. The maximum atomic E-state index is 9.71. The molecule has 1 aliphatic rings. The minimum atomic E-state index is -0.282. The molecule has 4 heteroatoms. The molecule has 80 valence electrons. The van der Waals surface area contributed by atoms with E-state index in [1.54, 1.807) is 0 Å². The third kappa shape index (κ3) is 3.26. The highest BCUT2D eigenvalue weighted by Crippen LogP contribution is 2.16. The highest BCUT2D eigenvalue weighted by molar-refractivity contribution is 4.81. The molecule has 0 saturated carbocycles. The summed E-state index contributed by atoms with van der Waals surface area (Å²) in [5.41, 5.74) is 5.54. The van der Waals surface area contributed by atoms with Gasteiger partial charge in [0.05, 0.1) is 12.2 Å². The Hall–Kier alpha value is -0.630. The number of nitriles is 1. The van der Waals surface area contributed by atoms with Crippen LogP contribution < -0.4 is 5.73 Å². The van der Waals surface area contributed by atoms with Crippen LogP contribution in [0.5, 0.6) is 0 Å². The summed E-state index contributed by atoms with van der Waals surface area (Å²) < 4.78 is 0. The van der Waals surface area contributed by atoms with Crippen LogP contribution in [-0.2, 0) is 0 Å². The fourth-order valence-corrected chi connectivity index (χ4v) is 1.91. The second kappa shape index (κ2) is 5.97. The highest BCUT2D eigenvalue weighted by Gasteiger charge is 2.25. The van der Waals surface area contributed by atoms with E-state index in [4.69, 9.17) is 11.0 Å². The van der Waals surface area contributed by atoms with Gasteiger partial charge in [0.1, 0.15) is 0 Å². The van der Waals surface area contributed by atoms with Crippen molar-refractivity contribution in [3.63, 3.8) is 0 Å². The quantitative estimate of drug-likeness (QED) is 0.619. The molecular weight excluding hydrogens is 178 g/mol. The van der Waals surface area contributed by atoms with E-state index in [1.165, 1.54) is 0 Å². The van der Waals surface area contributed by atoms with Gasteiger partial charge in [0.25, 0.3) is 0 Å². The van der Waals surface area contributed by atoms with Crippen LogP contribution in [0.1, 0.15) is 19.3 Å². The molecule has 1 aliphatic heterocycles. The zero-order chi connectivity index (χ0) is 10.4. The fourth-order valence-electron chi connectivity index (χ4n) is 1.91. The summed E-state index contributed by atoms with van der Waals surface area (Å²) in [5.74, 6) is 0.266. The van der Waals surface area contributed by atoms with Crippen LogP contribution in [-0.4, -0.2) is 42.3 Å². The zero-order valence-electron chi connectivity index (χ0n) is 8.52. The van der Waals surface area contributed by atoms with Gasteiger partial charge < -0.3 is 15.7 Å². The van der Waals surface area contributed by atoms with E-state index >= 15 is 0 Å². The molecule has 0 radical (unpaired) electrons. The van der Waals surface area contributed by atoms with Crippen LogP contribution in [0.25, 0.3) is 0 Å². The molecule has 1 fully saturated rings. The summed E-state index contributed by atoms with van der Waals surface area (Å²) in [7, 11) is 0. The van der Waals surface area contributed by atoms with Crippen LogP contribution in [0.4, 0.5) is 0 Å². The Kier molecular flexibility index (Phi) is 4.88. The number of rotatable bonds is 4. The lowest BCUT2D eigenvalue weighted by molar-refractivity contribution is 0.0252. The molecule has 1 saturated heterocycles. The summed E-state index contributed by atoms with van der Waals surface area (Å²) in [5, 5.41) is 18.1. The lowest BCUT2D eigenvalue weighted by Crippen LogP contribution is -2.46. The van der Waals surface area contributed by atoms with E-state index in [2.05, 4.69) is 11.0 Å². The van der Waals surface area contributed by atoms with E-state index in [9.17, 15) is 5.11 Å². The normalized spacial score (nSPS) is 28.6. The first-order valence-electron chi connectivity index (χ1n) is 5.25. The lowest BCUT2D eigenvalue weighted by Gasteiger charge is -2.35. The number of nitrogens with zero attached hydrogens (tertiary/aromatic N) is 2. The van der Waals surface area contributed by atoms with E-state index < -0.39 is 0 Å². The first kappa shape index (κ1) is 11.4. The third-order valence-electron chi connectivity index (χ3n) is 2.87. The standard InChI is InChI=1S/C10H19N3O/c11-4-1-2-5-13-6-3-9(7-12)10(14)8-13/h9-10,14H,1-3,5-8,12H2/t9-,10?/m0/s1. The number of piperidine rings is 1. The van der Waals surface area contributed by atoms with Gasteiger partial charge in [-0.15, -0.1) is 0 Å². The molecule has 0 aromatic heterocycles. The number of hydrogen-bond acceptors (Lipinski definition) is 4. The average molecular weight is 197 g/mol. The summed E-state index contributed by atoms with van der Waals surface area (Å²) in [6.45, 7) is 3.22. The minimum absolute atomic E-state index is 0.266. The van der Waals surface area contributed by atoms with Crippen molar-refractivity contribution in [2.45, 2.75) is 25.4 Å². The van der Waals surface area contributed by atoms with E-state index in [1.807, 2.05) is 0 Å². The molecule has 0 bridgehead atoms. The highest BCUT2D eigenvalue weighted by atomic mass is 16.3. The average Bonchev–Trinajstić information content (AvgIpc) is 2.18. The van der Waals surface area contributed by atoms with Gasteiger partial charge in [-0.05, 0) is 38.4 Å². The van der Waals surface area contributed by atoms with Gasteiger partial charge in [0.2, 0.25) is 0 Å². The van der Waals surface area contributed by atoms with Crippen molar-refractivity contribution in [3.05, 3.63) is 0 Å². The number of nitrogens with two attached hydrogens (primary N) is 1. The molecular formula is C10H19N3O. The van der Waals surface area contributed by atoms with Gasteiger partial charge >= 0.3 is 0 Å². The maximum absolute atomic E-state index is 9.71. The monoisotopic (exact) mass is 197 g/mol. The fraction of sp³-hybridized carbons (Fsp3) is 0.900. The van der Waals surface area contributed by atoms with Gasteiger partial charge in [-0.1, -0.05) is 0 Å².